The summed E-state index contributed by atoms with van der Waals surface area (Å²) in [6.07, 6.45) is 1.60. The molecule has 0 radical (unpaired) electrons. The van der Waals surface area contributed by atoms with Gasteiger partial charge in [-0.2, -0.15) is 0 Å². The molecule has 0 amide bonds. The number of ketones is 1. The Kier molecular flexibility index (Phi) is 3.41. The number of aromatic nitrogens is 3. The summed E-state index contributed by atoms with van der Waals surface area (Å²) in [7, 11) is -0.110. The van der Waals surface area contributed by atoms with Crippen LogP contribution in [0.15, 0.2) is 48.8 Å². The van der Waals surface area contributed by atoms with Crippen LogP contribution in [-0.4, -0.2) is 42.0 Å². The largest absolute Gasteiger partial charge is 0.493 e. The zero-order valence-electron chi connectivity index (χ0n) is 19.1. The maximum atomic E-state index is 13.2. The lowest BCUT2D eigenvalue weighted by atomic mass is 10.1. The van der Waals surface area contributed by atoms with Crippen molar-refractivity contribution < 1.29 is 24.5 Å². The molecule has 0 saturated carbocycles. The van der Waals surface area contributed by atoms with E-state index in [-0.39, 0.29) is 34.7 Å². The van der Waals surface area contributed by atoms with Crippen LogP contribution in [-0.2, 0) is 0 Å². The van der Waals surface area contributed by atoms with Crippen LogP contribution in [0.5, 0.6) is 17.2 Å². The highest BCUT2D eigenvalue weighted by atomic mass is 16.5. The van der Waals surface area contributed by atoms with Gasteiger partial charge in [-0.25, -0.2) is 4.98 Å². The average Bonchev–Trinajstić information content (AvgIpc) is 3.35. The molecule has 0 unspecified atom stereocenters. The van der Waals surface area contributed by atoms with Gasteiger partial charge in [0.15, 0.2) is 11.5 Å². The molecule has 7 heteroatoms. The number of nitrogens with one attached hydrogen (secondary N) is 2. The van der Waals surface area contributed by atoms with E-state index in [4.69, 9.17) is 19.7 Å². The smallest absolute Gasteiger partial charge is 0.213 e. The molecule has 2 aromatic heterocycles. The molecule has 0 fully saturated rings. The minimum atomic E-state index is -2.74. The molecule has 2 N–H and O–H groups in total. The van der Waals surface area contributed by atoms with E-state index >= 15 is 0 Å². The van der Waals surface area contributed by atoms with Crippen molar-refractivity contribution in [3.63, 3.8) is 0 Å². The van der Waals surface area contributed by atoms with Crippen molar-refractivity contribution in [2.24, 2.45) is 0 Å². The predicted octanol–water partition coefficient (Wildman–Crippen LogP) is 3.81. The molecule has 0 atom stereocenters. The molecule has 0 bridgehead atoms. The quantitative estimate of drug-likeness (QED) is 0.496. The molecule has 142 valence electrons. The van der Waals surface area contributed by atoms with E-state index in [9.17, 15) is 4.79 Å². The first kappa shape index (κ1) is 13.4. The van der Waals surface area contributed by atoms with Crippen LogP contribution < -0.4 is 14.2 Å². The monoisotopic (exact) mass is 381 g/mol. The molecule has 0 spiro atoms. The van der Waals surface area contributed by atoms with Crippen molar-refractivity contribution in [1.82, 2.24) is 15.0 Å². The molecule has 0 aliphatic heterocycles. The number of para-hydroxylation sites is 1. The van der Waals surface area contributed by atoms with Crippen molar-refractivity contribution in [3.8, 4) is 28.6 Å². The number of methoxy groups -OCH3 is 3. The number of carbonyl (C=O) groups is 1. The molecule has 2 aromatic carbocycles. The zero-order chi connectivity index (χ0) is 23.0. The third kappa shape index (κ3) is 2.87. The molecular formula is C21H19N3O4. The van der Waals surface area contributed by atoms with Gasteiger partial charge in [-0.05, 0) is 18.2 Å². The third-order valence-electron chi connectivity index (χ3n) is 4.41. The van der Waals surface area contributed by atoms with Gasteiger partial charge >= 0.3 is 0 Å². The average molecular weight is 381 g/mol. The van der Waals surface area contributed by atoms with Gasteiger partial charge < -0.3 is 24.2 Å². The van der Waals surface area contributed by atoms with Gasteiger partial charge in [0.05, 0.1) is 26.7 Å². The minimum absolute atomic E-state index is 0.00254. The van der Waals surface area contributed by atoms with Gasteiger partial charge in [-0.3, -0.25) is 4.79 Å². The second kappa shape index (κ2) is 7.11. The Hall–Kier alpha value is -3.74. The summed E-state index contributed by atoms with van der Waals surface area (Å²) < 4.78 is 45.6. The first-order valence-electron chi connectivity index (χ1n) is 10.3. The molecule has 28 heavy (non-hydrogen) atoms. The highest BCUT2D eigenvalue weighted by molar-refractivity contribution is 6.09. The Balaban J connectivity index is 1.75. The Morgan fingerprint density at radius 1 is 1.11 bits per heavy atom. The van der Waals surface area contributed by atoms with E-state index < -0.39 is 12.8 Å². The molecule has 4 rings (SSSR count). The van der Waals surface area contributed by atoms with E-state index in [0.29, 0.717) is 5.82 Å². The van der Waals surface area contributed by atoms with E-state index in [2.05, 4.69) is 15.0 Å². The number of rotatable bonds is 6. The Morgan fingerprint density at radius 3 is 2.57 bits per heavy atom. The normalized spacial score (nSPS) is 13.4. The molecule has 2 heterocycles. The molecule has 0 aliphatic carbocycles. The van der Waals surface area contributed by atoms with Crippen LogP contribution in [0.4, 0.5) is 0 Å². The second-order valence-electron chi connectivity index (χ2n) is 5.95. The van der Waals surface area contributed by atoms with Crippen molar-refractivity contribution >= 4 is 16.7 Å². The first-order chi connectivity index (χ1) is 15.2. The number of carbonyl (C=O) groups excluding carboxylic acids is 1. The van der Waals surface area contributed by atoms with Gasteiger partial charge in [0.2, 0.25) is 11.5 Å². The number of imidazole rings is 1. The number of hydrogen-bond donors (Lipinski definition) is 2. The predicted molar refractivity (Wildman–Crippen MR) is 105 cm³/mol. The Bertz CT molecular complexity index is 1290. The maximum absolute atomic E-state index is 13.2. The fraction of sp³-hybridized carbons (Fsp3) is 0.143. The minimum Gasteiger partial charge on any atom is -0.493 e. The van der Waals surface area contributed by atoms with Crippen LogP contribution in [0.3, 0.4) is 0 Å². The number of fused-ring (bicyclic) bond motifs is 1. The van der Waals surface area contributed by atoms with Crippen LogP contribution >= 0.6 is 0 Å². The van der Waals surface area contributed by atoms with Crippen molar-refractivity contribution in [2.45, 2.75) is 0 Å². The summed E-state index contributed by atoms with van der Waals surface area (Å²) >= 11 is 0. The summed E-state index contributed by atoms with van der Waals surface area (Å²) in [5.41, 5.74) is 1.63. The SMILES string of the molecule is [2H]c1[nH]c(-c2c[nH]c3ccccc23)nc1C(=O)c1cc(OC)c(OC([2H])([2H])[2H])c(OC)c1. The first-order valence-corrected chi connectivity index (χ1v) is 8.34. The summed E-state index contributed by atoms with van der Waals surface area (Å²) in [6.45, 7) is 0. The fourth-order valence-electron chi connectivity index (χ4n) is 3.04. The van der Waals surface area contributed by atoms with Gasteiger partial charge in [-0.1, -0.05) is 18.2 Å². The Labute approximate surface area is 166 Å². The number of H-pyrrole nitrogens is 2. The highest BCUT2D eigenvalue weighted by Gasteiger charge is 2.20. The molecule has 0 saturated heterocycles. The van der Waals surface area contributed by atoms with Crippen LogP contribution in [0.2, 0.25) is 0 Å². The molecular weight excluding hydrogens is 358 g/mol. The molecule has 0 aliphatic rings. The fourth-order valence-corrected chi connectivity index (χ4v) is 3.04. The van der Waals surface area contributed by atoms with E-state index in [1.165, 1.54) is 26.4 Å². The summed E-state index contributed by atoms with van der Waals surface area (Å²) in [5.74, 6) is -0.337. The van der Waals surface area contributed by atoms with Crippen molar-refractivity contribution in [3.05, 3.63) is 60.0 Å². The van der Waals surface area contributed by atoms with Crippen LogP contribution in [0, 0.1) is 0 Å². The van der Waals surface area contributed by atoms with Crippen molar-refractivity contribution in [2.75, 3.05) is 21.3 Å². The number of nitrogens with zero attached hydrogens (tertiary/aromatic N) is 1. The summed E-state index contributed by atoms with van der Waals surface area (Å²) in [6, 6.07) is 10.3. The van der Waals surface area contributed by atoms with Crippen molar-refractivity contribution in [1.29, 1.82) is 0 Å². The zero-order valence-corrected chi connectivity index (χ0v) is 15.1. The standard InChI is InChI=1S/C21H19N3O4/c1-26-17-8-12(9-18(27-2)20(17)28-3)19(25)16-11-23-21(24-16)14-10-22-15-7-5-4-6-13(14)15/h4-11,22H,1-3H3,(H,23,24)/i3D3,11D. The number of hydrogen-bond acceptors (Lipinski definition) is 5. The lowest BCUT2D eigenvalue weighted by Crippen LogP contribution is -2.04. The number of benzene rings is 2. The summed E-state index contributed by atoms with van der Waals surface area (Å²) in [4.78, 5) is 23.5. The van der Waals surface area contributed by atoms with Crippen LogP contribution in [0.25, 0.3) is 22.3 Å². The lowest BCUT2D eigenvalue weighted by Gasteiger charge is -2.13. The van der Waals surface area contributed by atoms with E-state index in [1.807, 2.05) is 24.3 Å². The van der Waals surface area contributed by atoms with E-state index in [1.54, 1.807) is 6.20 Å². The topological polar surface area (TPSA) is 89.2 Å². The highest BCUT2D eigenvalue weighted by Crippen LogP contribution is 2.38. The maximum Gasteiger partial charge on any atom is 0.213 e. The van der Waals surface area contributed by atoms with Crippen LogP contribution in [0.1, 0.15) is 21.5 Å². The van der Waals surface area contributed by atoms with E-state index in [0.717, 1.165) is 16.5 Å². The van der Waals surface area contributed by atoms with Gasteiger partial charge in [0, 0.05) is 34.4 Å². The van der Waals surface area contributed by atoms with Gasteiger partial charge in [0.1, 0.15) is 11.5 Å². The molecule has 7 nitrogen and oxygen atoms in total. The summed E-state index contributed by atoms with van der Waals surface area (Å²) in [5, 5.41) is 0.898. The lowest BCUT2D eigenvalue weighted by molar-refractivity contribution is 0.103. The second-order valence-corrected chi connectivity index (χ2v) is 5.95. The molecule has 4 aromatic rings. The Morgan fingerprint density at radius 2 is 1.86 bits per heavy atom. The third-order valence-corrected chi connectivity index (χ3v) is 4.41. The number of ether oxygens (including phenoxy) is 3. The number of aromatic amines is 2. The van der Waals surface area contributed by atoms with Gasteiger partial charge in [-0.15, -0.1) is 0 Å². The van der Waals surface area contributed by atoms with Gasteiger partial charge in [0.25, 0.3) is 0 Å².